The first-order valence-electron chi connectivity index (χ1n) is 12.0. The Morgan fingerprint density at radius 2 is 1.26 bits per heavy atom. The Balaban J connectivity index is 1.66. The van der Waals surface area contributed by atoms with Gasteiger partial charge < -0.3 is 19.7 Å². The summed E-state index contributed by atoms with van der Waals surface area (Å²) >= 11 is 0. The van der Waals surface area contributed by atoms with Gasteiger partial charge in [-0.25, -0.2) is 0 Å². The number of rotatable bonds is 8. The van der Waals surface area contributed by atoms with Crippen LogP contribution in [0.25, 0.3) is 33.4 Å². The molecule has 1 aliphatic rings. The van der Waals surface area contributed by atoms with Crippen molar-refractivity contribution >= 4 is 0 Å². The molecule has 4 aromatic rings. The maximum absolute atomic E-state index is 9.15. The van der Waals surface area contributed by atoms with E-state index in [9.17, 15) is 0 Å². The largest absolute Gasteiger partial charge is 0.491 e. The summed E-state index contributed by atoms with van der Waals surface area (Å²) in [5.41, 5.74) is 12.1. The number of ether oxygens (including phenoxy) is 2. The summed E-state index contributed by atoms with van der Waals surface area (Å²) < 4.78 is 11.4. The van der Waals surface area contributed by atoms with Crippen LogP contribution < -0.4 is 9.47 Å². The van der Waals surface area contributed by atoms with Crippen LogP contribution in [0.3, 0.4) is 0 Å². The molecule has 4 heteroatoms. The maximum Gasteiger partial charge on any atom is 0.122 e. The van der Waals surface area contributed by atoms with E-state index in [-0.39, 0.29) is 26.4 Å². The fourth-order valence-electron chi connectivity index (χ4n) is 5.04. The Morgan fingerprint density at radius 1 is 0.657 bits per heavy atom. The number of aliphatic hydroxyl groups is 2. The minimum Gasteiger partial charge on any atom is -0.491 e. The SMILES string of the molecule is Cc1cc(-c2ccc3c(c2-c2ccc(OCCO)c(C)c2)Cc2ccccc2-3)ccc1OCCO. The van der Waals surface area contributed by atoms with Gasteiger partial charge in [0.15, 0.2) is 0 Å². The minimum atomic E-state index is -0.00679. The second kappa shape index (κ2) is 9.95. The molecule has 0 spiro atoms. The molecule has 4 aromatic carbocycles. The number of aliphatic hydroxyl groups excluding tert-OH is 2. The summed E-state index contributed by atoms with van der Waals surface area (Å²) in [6, 6.07) is 25.7. The number of hydrogen-bond acceptors (Lipinski definition) is 4. The highest BCUT2D eigenvalue weighted by molar-refractivity contribution is 5.94. The van der Waals surface area contributed by atoms with Crippen LogP contribution in [0, 0.1) is 13.8 Å². The molecule has 0 aliphatic heterocycles. The molecule has 1 aliphatic carbocycles. The monoisotopic (exact) mass is 466 g/mol. The summed E-state index contributed by atoms with van der Waals surface area (Å²) in [4.78, 5) is 0. The van der Waals surface area contributed by atoms with Crippen molar-refractivity contribution in [3.8, 4) is 44.9 Å². The molecule has 0 bridgehead atoms. The summed E-state index contributed by atoms with van der Waals surface area (Å²) in [5, 5.41) is 18.3. The van der Waals surface area contributed by atoms with E-state index in [1.165, 1.54) is 33.4 Å². The van der Waals surface area contributed by atoms with Crippen molar-refractivity contribution in [3.63, 3.8) is 0 Å². The van der Waals surface area contributed by atoms with Gasteiger partial charge in [-0.3, -0.25) is 0 Å². The smallest absolute Gasteiger partial charge is 0.122 e. The van der Waals surface area contributed by atoms with Crippen LogP contribution in [-0.4, -0.2) is 36.6 Å². The van der Waals surface area contributed by atoms with Crippen LogP contribution in [0.1, 0.15) is 22.3 Å². The van der Waals surface area contributed by atoms with Crippen molar-refractivity contribution in [1.82, 2.24) is 0 Å². The first kappa shape index (κ1) is 23.2. The molecule has 35 heavy (non-hydrogen) atoms. The van der Waals surface area contributed by atoms with Gasteiger partial charge in [0.2, 0.25) is 0 Å². The van der Waals surface area contributed by atoms with Crippen molar-refractivity contribution in [2.45, 2.75) is 20.3 Å². The Hall–Kier alpha value is -3.60. The van der Waals surface area contributed by atoms with Crippen molar-refractivity contribution in [2.75, 3.05) is 26.4 Å². The molecule has 5 rings (SSSR count). The first-order valence-corrected chi connectivity index (χ1v) is 12.0. The van der Waals surface area contributed by atoms with Crippen LogP contribution in [-0.2, 0) is 6.42 Å². The van der Waals surface area contributed by atoms with E-state index in [1.54, 1.807) is 0 Å². The van der Waals surface area contributed by atoms with Gasteiger partial charge >= 0.3 is 0 Å². The molecule has 0 atom stereocenters. The lowest BCUT2D eigenvalue weighted by Gasteiger charge is -2.18. The zero-order chi connectivity index (χ0) is 24.4. The highest BCUT2D eigenvalue weighted by Crippen LogP contribution is 2.46. The van der Waals surface area contributed by atoms with Crippen molar-refractivity contribution in [3.05, 3.63) is 95.1 Å². The second-order valence-corrected chi connectivity index (χ2v) is 8.95. The molecule has 0 amide bonds. The van der Waals surface area contributed by atoms with Crippen molar-refractivity contribution in [2.24, 2.45) is 0 Å². The summed E-state index contributed by atoms with van der Waals surface area (Å²) in [5.74, 6) is 1.58. The van der Waals surface area contributed by atoms with Gasteiger partial charge in [-0.1, -0.05) is 48.5 Å². The Morgan fingerprint density at radius 3 is 1.91 bits per heavy atom. The van der Waals surface area contributed by atoms with E-state index >= 15 is 0 Å². The van der Waals surface area contributed by atoms with Crippen LogP contribution in [0.5, 0.6) is 11.5 Å². The maximum atomic E-state index is 9.15. The highest BCUT2D eigenvalue weighted by atomic mass is 16.5. The Kier molecular flexibility index (Phi) is 6.58. The zero-order valence-corrected chi connectivity index (χ0v) is 20.2. The standard InChI is InChI=1S/C31H30O4/c1-20-17-23(7-11-29(20)34-15-13-32)26-9-10-27-25-6-4-3-5-22(25)19-28(27)31(26)24-8-12-30(21(2)18-24)35-16-14-33/h3-12,17-18,32-33H,13-16,19H2,1-2H3. The fourth-order valence-corrected chi connectivity index (χ4v) is 5.04. The van der Waals surface area contributed by atoms with Crippen LogP contribution in [0.4, 0.5) is 0 Å². The molecular weight excluding hydrogens is 436 g/mol. The van der Waals surface area contributed by atoms with Gasteiger partial charge in [-0.15, -0.1) is 0 Å². The third-order valence-electron chi connectivity index (χ3n) is 6.63. The lowest BCUT2D eigenvalue weighted by molar-refractivity contribution is 0.200. The Labute approximate surface area is 206 Å². The quantitative estimate of drug-likeness (QED) is 0.297. The predicted octanol–water partition coefficient (Wildman–Crippen LogP) is 5.95. The van der Waals surface area contributed by atoms with Crippen LogP contribution in [0.2, 0.25) is 0 Å². The average Bonchev–Trinajstić information content (AvgIpc) is 3.25. The predicted molar refractivity (Wildman–Crippen MR) is 140 cm³/mol. The lowest BCUT2D eigenvalue weighted by Crippen LogP contribution is -2.03. The van der Waals surface area contributed by atoms with Gasteiger partial charge in [0.1, 0.15) is 24.7 Å². The zero-order valence-electron chi connectivity index (χ0n) is 20.2. The third-order valence-corrected chi connectivity index (χ3v) is 6.63. The summed E-state index contributed by atoms with van der Waals surface area (Å²) in [6.07, 6.45) is 0.896. The van der Waals surface area contributed by atoms with Gasteiger partial charge in [0.05, 0.1) is 13.2 Å². The van der Waals surface area contributed by atoms with Gasteiger partial charge in [-0.2, -0.15) is 0 Å². The second-order valence-electron chi connectivity index (χ2n) is 8.95. The van der Waals surface area contributed by atoms with E-state index in [2.05, 4.69) is 60.7 Å². The molecule has 178 valence electrons. The molecule has 0 heterocycles. The summed E-state index contributed by atoms with van der Waals surface area (Å²) in [6.45, 7) is 4.64. The lowest BCUT2D eigenvalue weighted by atomic mass is 9.87. The van der Waals surface area contributed by atoms with E-state index in [0.717, 1.165) is 40.2 Å². The molecule has 4 nitrogen and oxygen atoms in total. The molecular formula is C31H30O4. The topological polar surface area (TPSA) is 58.9 Å². The molecule has 0 unspecified atom stereocenters. The van der Waals surface area contributed by atoms with Crippen molar-refractivity contribution < 1.29 is 19.7 Å². The summed E-state index contributed by atoms with van der Waals surface area (Å²) in [7, 11) is 0. The molecule has 0 saturated carbocycles. The van der Waals surface area contributed by atoms with Gasteiger partial charge in [0, 0.05) is 0 Å². The third kappa shape index (κ3) is 4.43. The Bertz CT molecular complexity index is 1370. The van der Waals surface area contributed by atoms with E-state index in [0.29, 0.717) is 0 Å². The van der Waals surface area contributed by atoms with Gasteiger partial charge in [-0.05, 0) is 100 Å². The molecule has 0 aromatic heterocycles. The fraction of sp³-hybridized carbons (Fsp3) is 0.226. The molecule has 0 fully saturated rings. The molecule has 2 N–H and O–H groups in total. The van der Waals surface area contributed by atoms with Gasteiger partial charge in [0.25, 0.3) is 0 Å². The van der Waals surface area contributed by atoms with E-state index in [1.807, 2.05) is 26.0 Å². The first-order chi connectivity index (χ1) is 17.1. The average molecular weight is 467 g/mol. The molecule has 0 saturated heterocycles. The highest BCUT2D eigenvalue weighted by Gasteiger charge is 2.24. The van der Waals surface area contributed by atoms with Crippen LogP contribution >= 0.6 is 0 Å². The van der Waals surface area contributed by atoms with Crippen molar-refractivity contribution in [1.29, 1.82) is 0 Å². The number of benzene rings is 4. The van der Waals surface area contributed by atoms with E-state index in [4.69, 9.17) is 19.7 Å². The normalized spacial score (nSPS) is 11.8. The number of hydrogen-bond donors (Lipinski definition) is 2. The van der Waals surface area contributed by atoms with Crippen LogP contribution in [0.15, 0.2) is 72.8 Å². The number of fused-ring (bicyclic) bond motifs is 3. The number of aryl methyl sites for hydroxylation is 2. The molecule has 0 radical (unpaired) electrons. The minimum absolute atomic E-state index is 0.00587. The van der Waals surface area contributed by atoms with E-state index < -0.39 is 0 Å².